The van der Waals surface area contributed by atoms with Crippen molar-refractivity contribution in [3.05, 3.63) is 29.3 Å². The number of phenolic OH excluding ortho intramolecular Hbond substituents is 1. The number of rotatable bonds is 4. The highest BCUT2D eigenvalue weighted by Crippen LogP contribution is 2.44. The van der Waals surface area contributed by atoms with Gasteiger partial charge in [-0.2, -0.15) is 0 Å². The van der Waals surface area contributed by atoms with E-state index < -0.39 is 0 Å². The van der Waals surface area contributed by atoms with Gasteiger partial charge in [-0.15, -0.1) is 0 Å². The van der Waals surface area contributed by atoms with Gasteiger partial charge in [0.05, 0.1) is 0 Å². The van der Waals surface area contributed by atoms with Crippen LogP contribution in [0.4, 0.5) is 0 Å². The van der Waals surface area contributed by atoms with Gasteiger partial charge in [0, 0.05) is 11.6 Å². The molecule has 2 fully saturated rings. The second-order valence-corrected chi connectivity index (χ2v) is 5.67. The number of hydrogen-bond donors (Lipinski definition) is 2. The summed E-state index contributed by atoms with van der Waals surface area (Å²) in [6.07, 6.45) is 5.04. The molecule has 0 radical (unpaired) electrons. The highest BCUT2D eigenvalue weighted by Gasteiger charge is 2.42. The van der Waals surface area contributed by atoms with Crippen LogP contribution in [0.25, 0.3) is 0 Å². The van der Waals surface area contributed by atoms with E-state index in [1.54, 1.807) is 18.2 Å². The van der Waals surface area contributed by atoms with Crippen LogP contribution in [-0.2, 0) is 0 Å². The molecule has 2 N–H and O–H groups in total. The topological polar surface area (TPSA) is 49.3 Å². The molecule has 0 atom stereocenters. The number of amides is 1. The molecule has 3 rings (SSSR count). The largest absolute Gasteiger partial charge is 0.508 e. The van der Waals surface area contributed by atoms with Crippen molar-refractivity contribution in [2.45, 2.75) is 38.6 Å². The van der Waals surface area contributed by atoms with E-state index in [1.165, 1.54) is 25.7 Å². The summed E-state index contributed by atoms with van der Waals surface area (Å²) in [5.74, 6) is 1.64. The van der Waals surface area contributed by atoms with Crippen LogP contribution in [0.3, 0.4) is 0 Å². The molecule has 0 unspecified atom stereocenters. The molecule has 0 saturated heterocycles. The fourth-order valence-electron chi connectivity index (χ4n) is 2.66. The summed E-state index contributed by atoms with van der Waals surface area (Å²) >= 11 is 0. The molecule has 3 heteroatoms. The predicted octanol–water partition coefficient (Wildman–Crippen LogP) is 2.62. The van der Waals surface area contributed by atoms with Gasteiger partial charge >= 0.3 is 0 Å². The van der Waals surface area contributed by atoms with E-state index in [2.05, 4.69) is 5.32 Å². The first-order valence-electron chi connectivity index (χ1n) is 6.75. The average Bonchev–Trinajstić information content (AvgIpc) is 3.17. The summed E-state index contributed by atoms with van der Waals surface area (Å²) < 4.78 is 0. The first kappa shape index (κ1) is 11.6. The molecule has 0 bridgehead atoms. The van der Waals surface area contributed by atoms with E-state index in [9.17, 15) is 9.90 Å². The summed E-state index contributed by atoms with van der Waals surface area (Å²) in [7, 11) is 0. The lowest BCUT2D eigenvalue weighted by molar-refractivity contribution is 0.0925. The molecular weight excluding hydrogens is 226 g/mol. The fraction of sp³-hybridized carbons (Fsp3) is 0.533. The van der Waals surface area contributed by atoms with E-state index in [-0.39, 0.29) is 11.7 Å². The minimum Gasteiger partial charge on any atom is -0.508 e. The van der Waals surface area contributed by atoms with Gasteiger partial charge in [-0.1, -0.05) is 0 Å². The van der Waals surface area contributed by atoms with Crippen LogP contribution in [0.2, 0.25) is 0 Å². The van der Waals surface area contributed by atoms with Crippen LogP contribution in [0.5, 0.6) is 5.75 Å². The van der Waals surface area contributed by atoms with Gasteiger partial charge in [-0.05, 0) is 68.2 Å². The molecule has 1 aromatic carbocycles. The number of carbonyl (C=O) groups excluding carboxylic acids is 1. The quantitative estimate of drug-likeness (QED) is 0.856. The zero-order valence-corrected chi connectivity index (χ0v) is 10.6. The Kier molecular flexibility index (Phi) is 2.77. The summed E-state index contributed by atoms with van der Waals surface area (Å²) in [5.41, 5.74) is 1.51. The molecule has 3 nitrogen and oxygen atoms in total. The van der Waals surface area contributed by atoms with Crippen molar-refractivity contribution in [2.75, 3.05) is 0 Å². The summed E-state index contributed by atoms with van der Waals surface area (Å²) in [6.45, 7) is 1.86. The second kappa shape index (κ2) is 4.30. The van der Waals surface area contributed by atoms with Crippen molar-refractivity contribution < 1.29 is 9.90 Å². The number of hydrogen-bond acceptors (Lipinski definition) is 2. The molecular formula is C15H19NO2. The van der Waals surface area contributed by atoms with Crippen molar-refractivity contribution in [2.24, 2.45) is 11.8 Å². The van der Waals surface area contributed by atoms with Gasteiger partial charge in [0.25, 0.3) is 5.91 Å². The molecule has 0 aliphatic heterocycles. The van der Waals surface area contributed by atoms with Crippen LogP contribution in [0, 0.1) is 18.8 Å². The number of carbonyl (C=O) groups is 1. The van der Waals surface area contributed by atoms with E-state index in [0.29, 0.717) is 23.4 Å². The summed E-state index contributed by atoms with van der Waals surface area (Å²) in [4.78, 5) is 12.3. The number of benzene rings is 1. The van der Waals surface area contributed by atoms with Crippen molar-refractivity contribution >= 4 is 5.91 Å². The molecule has 1 amide bonds. The van der Waals surface area contributed by atoms with Gasteiger partial charge < -0.3 is 10.4 Å². The number of nitrogens with one attached hydrogen (secondary N) is 1. The van der Waals surface area contributed by atoms with E-state index in [1.807, 2.05) is 6.92 Å². The van der Waals surface area contributed by atoms with Crippen molar-refractivity contribution in [3.8, 4) is 5.75 Å². The smallest absolute Gasteiger partial charge is 0.251 e. The fourth-order valence-corrected chi connectivity index (χ4v) is 2.66. The lowest BCUT2D eigenvalue weighted by Gasteiger charge is -2.18. The minimum atomic E-state index is 0.0105. The standard InChI is InChI=1S/C15H19NO2/c1-9-8-12(17)6-7-13(9)15(18)16-14(10-2-3-10)11-4-5-11/h6-8,10-11,14,17H,2-5H2,1H3,(H,16,18). The first-order chi connectivity index (χ1) is 8.65. The van der Waals surface area contributed by atoms with E-state index >= 15 is 0 Å². The zero-order valence-electron chi connectivity index (χ0n) is 10.6. The Morgan fingerprint density at radius 3 is 2.39 bits per heavy atom. The Balaban J connectivity index is 1.73. The SMILES string of the molecule is Cc1cc(O)ccc1C(=O)NC(C1CC1)C1CC1. The monoisotopic (exact) mass is 245 g/mol. The molecule has 0 heterocycles. The lowest BCUT2D eigenvalue weighted by atomic mass is 10.0. The van der Waals surface area contributed by atoms with Gasteiger partial charge in [-0.3, -0.25) is 4.79 Å². The third-order valence-corrected chi connectivity index (χ3v) is 4.01. The molecule has 2 saturated carbocycles. The average molecular weight is 245 g/mol. The summed E-state index contributed by atoms with van der Waals surface area (Å²) in [6, 6.07) is 5.30. The van der Waals surface area contributed by atoms with E-state index in [0.717, 1.165) is 5.56 Å². The maximum absolute atomic E-state index is 12.3. The molecule has 96 valence electrons. The van der Waals surface area contributed by atoms with Crippen molar-refractivity contribution in [3.63, 3.8) is 0 Å². The van der Waals surface area contributed by atoms with Gasteiger partial charge in [0.2, 0.25) is 0 Å². The van der Waals surface area contributed by atoms with Gasteiger partial charge in [-0.25, -0.2) is 0 Å². The third-order valence-electron chi connectivity index (χ3n) is 4.01. The minimum absolute atomic E-state index is 0.0105. The van der Waals surface area contributed by atoms with Gasteiger partial charge in [0.15, 0.2) is 0 Å². The predicted molar refractivity (Wildman–Crippen MR) is 69.5 cm³/mol. The third kappa shape index (κ3) is 2.35. The van der Waals surface area contributed by atoms with Gasteiger partial charge in [0.1, 0.15) is 5.75 Å². The van der Waals surface area contributed by atoms with Crippen LogP contribution in [0.1, 0.15) is 41.6 Å². The Bertz CT molecular complexity index is 463. The number of aryl methyl sites for hydroxylation is 1. The first-order valence-corrected chi connectivity index (χ1v) is 6.75. The van der Waals surface area contributed by atoms with Crippen LogP contribution in [-0.4, -0.2) is 17.1 Å². The van der Waals surface area contributed by atoms with Crippen molar-refractivity contribution in [1.29, 1.82) is 0 Å². The molecule has 0 aromatic heterocycles. The molecule has 2 aliphatic carbocycles. The summed E-state index contributed by atoms with van der Waals surface area (Å²) in [5, 5.41) is 12.6. The number of aromatic hydroxyl groups is 1. The second-order valence-electron chi connectivity index (χ2n) is 5.67. The van der Waals surface area contributed by atoms with Crippen LogP contribution >= 0.6 is 0 Å². The van der Waals surface area contributed by atoms with Crippen LogP contribution in [0.15, 0.2) is 18.2 Å². The van der Waals surface area contributed by atoms with E-state index in [4.69, 9.17) is 0 Å². The maximum Gasteiger partial charge on any atom is 0.251 e. The molecule has 2 aliphatic rings. The Hall–Kier alpha value is -1.51. The number of phenols is 1. The highest BCUT2D eigenvalue weighted by molar-refractivity contribution is 5.96. The highest BCUT2D eigenvalue weighted by atomic mass is 16.3. The normalized spacial score (nSPS) is 19.0. The van der Waals surface area contributed by atoms with Crippen LogP contribution < -0.4 is 5.32 Å². The Morgan fingerprint density at radius 2 is 1.89 bits per heavy atom. The zero-order chi connectivity index (χ0) is 12.7. The molecule has 18 heavy (non-hydrogen) atoms. The Labute approximate surface area is 107 Å². The Morgan fingerprint density at radius 1 is 1.28 bits per heavy atom. The maximum atomic E-state index is 12.3. The van der Waals surface area contributed by atoms with Crippen molar-refractivity contribution in [1.82, 2.24) is 5.32 Å². The molecule has 0 spiro atoms. The lowest BCUT2D eigenvalue weighted by Crippen LogP contribution is -2.38. The molecule has 1 aromatic rings.